The maximum absolute atomic E-state index is 13.1. The van der Waals surface area contributed by atoms with Crippen LogP contribution >= 0.6 is 0 Å². The first kappa shape index (κ1) is 25.1. The molecule has 188 valence electrons. The Morgan fingerprint density at radius 1 is 1.14 bits per heavy atom. The fourth-order valence-electron chi connectivity index (χ4n) is 4.55. The van der Waals surface area contributed by atoms with Crippen molar-refractivity contribution >= 4 is 11.7 Å². The van der Waals surface area contributed by atoms with Crippen LogP contribution in [0.5, 0.6) is 0 Å². The van der Waals surface area contributed by atoms with Gasteiger partial charge in [0.2, 0.25) is 0 Å². The van der Waals surface area contributed by atoms with Gasteiger partial charge < -0.3 is 19.9 Å². The van der Waals surface area contributed by atoms with Gasteiger partial charge >= 0.3 is 0 Å². The van der Waals surface area contributed by atoms with Gasteiger partial charge in [-0.3, -0.25) is 9.48 Å². The highest BCUT2D eigenvalue weighted by atomic mass is 16.5. The second-order valence-electron chi connectivity index (χ2n) is 10.1. The largest absolute Gasteiger partial charge is 0.390 e. The number of nitrogens with zero attached hydrogens (tertiary/aromatic N) is 4. The Kier molecular flexibility index (Phi) is 7.39. The molecule has 35 heavy (non-hydrogen) atoms. The predicted octanol–water partition coefficient (Wildman–Crippen LogP) is 3.59. The summed E-state index contributed by atoms with van der Waals surface area (Å²) < 4.78 is 14.5. The molecule has 0 unspecified atom stereocenters. The van der Waals surface area contributed by atoms with E-state index in [4.69, 9.17) is 14.6 Å². The third kappa shape index (κ3) is 5.63. The number of nitrogens with one attached hydrogen (secondary N) is 1. The lowest BCUT2D eigenvalue weighted by Gasteiger charge is -2.23. The van der Waals surface area contributed by atoms with E-state index in [9.17, 15) is 9.90 Å². The van der Waals surface area contributed by atoms with E-state index in [2.05, 4.69) is 10.4 Å². The topological polar surface area (TPSA) is 103 Å². The molecule has 0 radical (unpaired) electrons. The Morgan fingerprint density at radius 2 is 1.89 bits per heavy atom. The van der Waals surface area contributed by atoms with Crippen LogP contribution in [-0.4, -0.2) is 49.9 Å². The van der Waals surface area contributed by atoms with Crippen LogP contribution in [0.25, 0.3) is 0 Å². The van der Waals surface area contributed by atoms with Crippen molar-refractivity contribution in [3.8, 4) is 0 Å². The number of aliphatic hydroxyl groups excluding tert-OH is 1. The highest BCUT2D eigenvalue weighted by Gasteiger charge is 2.39. The average molecular weight is 482 g/mol. The standard InChI is InChI=1S/C26H35N5O4/c1-26(2,3)31-23(27-25(33)21-13-18(16-34-5)28-30(21)4)14-20(29-31)19-11-12-22(24(19)32)35-15-17-9-7-6-8-10-17/h6-10,13-14,19,22,24,32H,11-12,15-16H2,1-5H3,(H,27,33)/t19-,22-,24+/m0/s1. The number of carbonyl (C=O) groups is 1. The Morgan fingerprint density at radius 3 is 2.57 bits per heavy atom. The molecule has 1 aromatic carbocycles. The van der Waals surface area contributed by atoms with Gasteiger partial charge in [0.1, 0.15) is 11.5 Å². The Balaban J connectivity index is 1.51. The molecule has 2 aromatic heterocycles. The molecule has 4 rings (SSSR count). The summed E-state index contributed by atoms with van der Waals surface area (Å²) in [4.78, 5) is 13.1. The van der Waals surface area contributed by atoms with Crippen molar-refractivity contribution in [2.45, 2.75) is 70.5 Å². The van der Waals surface area contributed by atoms with Crippen LogP contribution in [0.2, 0.25) is 0 Å². The van der Waals surface area contributed by atoms with E-state index in [1.165, 1.54) is 4.68 Å². The second kappa shape index (κ2) is 10.3. The molecule has 0 aliphatic heterocycles. The van der Waals surface area contributed by atoms with Crippen molar-refractivity contribution in [1.82, 2.24) is 19.6 Å². The van der Waals surface area contributed by atoms with Gasteiger partial charge in [-0.2, -0.15) is 10.2 Å². The van der Waals surface area contributed by atoms with Crippen LogP contribution in [0, 0.1) is 0 Å². The zero-order valence-corrected chi connectivity index (χ0v) is 21.1. The molecule has 2 heterocycles. The molecular weight excluding hydrogens is 446 g/mol. The van der Waals surface area contributed by atoms with Crippen molar-refractivity contribution < 1.29 is 19.4 Å². The van der Waals surface area contributed by atoms with Crippen LogP contribution in [0.15, 0.2) is 42.5 Å². The highest BCUT2D eigenvalue weighted by Crippen LogP contribution is 2.38. The number of aliphatic hydroxyl groups is 1. The SMILES string of the molecule is COCc1cc(C(=O)Nc2cc([C@@H]3CC[C@H](OCc4ccccc4)[C@@H]3O)nn2C(C)(C)C)n(C)n1. The summed E-state index contributed by atoms with van der Waals surface area (Å²) in [6.07, 6.45) is 0.586. The highest BCUT2D eigenvalue weighted by molar-refractivity contribution is 6.02. The van der Waals surface area contributed by atoms with Crippen LogP contribution in [0.1, 0.15) is 67.0 Å². The molecule has 1 aliphatic carbocycles. The number of aryl methyl sites for hydroxylation is 1. The van der Waals surface area contributed by atoms with Gasteiger partial charge in [0.25, 0.3) is 5.91 Å². The smallest absolute Gasteiger partial charge is 0.275 e. The normalized spacial score (nSPS) is 20.3. The maximum Gasteiger partial charge on any atom is 0.275 e. The van der Waals surface area contributed by atoms with E-state index in [1.807, 2.05) is 57.2 Å². The average Bonchev–Trinajstić information content (AvgIpc) is 3.50. The number of benzene rings is 1. The first-order chi connectivity index (χ1) is 16.7. The molecule has 0 spiro atoms. The van der Waals surface area contributed by atoms with Crippen molar-refractivity contribution in [2.24, 2.45) is 7.05 Å². The molecular formula is C26H35N5O4. The summed E-state index contributed by atoms with van der Waals surface area (Å²) >= 11 is 0. The van der Waals surface area contributed by atoms with Crippen molar-refractivity contribution in [1.29, 1.82) is 0 Å². The number of methoxy groups -OCH3 is 1. The van der Waals surface area contributed by atoms with Gasteiger partial charge in [0.05, 0.1) is 42.3 Å². The monoisotopic (exact) mass is 481 g/mol. The van der Waals surface area contributed by atoms with Crippen LogP contribution in [-0.2, 0) is 35.3 Å². The molecule has 3 atom stereocenters. The summed E-state index contributed by atoms with van der Waals surface area (Å²) in [5.41, 5.74) is 2.56. The summed E-state index contributed by atoms with van der Waals surface area (Å²) in [7, 11) is 3.32. The van der Waals surface area contributed by atoms with E-state index in [1.54, 1.807) is 24.9 Å². The van der Waals surface area contributed by atoms with Crippen molar-refractivity contribution in [2.75, 3.05) is 12.4 Å². The van der Waals surface area contributed by atoms with Gasteiger partial charge in [-0.15, -0.1) is 0 Å². The summed E-state index contributed by atoms with van der Waals surface area (Å²) in [5.74, 6) is 0.128. The molecule has 3 aromatic rings. The number of hydrogen-bond acceptors (Lipinski definition) is 6. The molecule has 2 N–H and O–H groups in total. The summed E-state index contributed by atoms with van der Waals surface area (Å²) in [6.45, 7) is 6.87. The number of hydrogen-bond donors (Lipinski definition) is 2. The lowest BCUT2D eigenvalue weighted by atomic mass is 10.0. The van der Waals surface area contributed by atoms with E-state index < -0.39 is 6.10 Å². The van der Waals surface area contributed by atoms with E-state index in [0.29, 0.717) is 30.4 Å². The number of carbonyl (C=O) groups excluding carboxylic acids is 1. The fraction of sp³-hybridized carbons (Fsp3) is 0.500. The summed E-state index contributed by atoms with van der Waals surface area (Å²) in [5, 5.41) is 23.2. The fourth-order valence-corrected chi connectivity index (χ4v) is 4.55. The zero-order chi connectivity index (χ0) is 25.2. The first-order valence-corrected chi connectivity index (χ1v) is 11.9. The third-order valence-electron chi connectivity index (χ3n) is 6.30. The quantitative estimate of drug-likeness (QED) is 0.510. The van der Waals surface area contributed by atoms with Gasteiger partial charge in [-0.25, -0.2) is 4.68 Å². The second-order valence-corrected chi connectivity index (χ2v) is 10.1. The number of anilines is 1. The molecule has 1 amide bonds. The Bertz CT molecular complexity index is 1150. The Labute approximate surface area is 206 Å². The minimum absolute atomic E-state index is 0.167. The molecule has 0 bridgehead atoms. The molecule has 1 aliphatic rings. The number of amides is 1. The molecule has 1 saturated carbocycles. The van der Waals surface area contributed by atoms with Crippen molar-refractivity contribution in [3.05, 3.63) is 65.1 Å². The van der Waals surface area contributed by atoms with Gasteiger partial charge in [0.15, 0.2) is 0 Å². The maximum atomic E-state index is 13.1. The van der Waals surface area contributed by atoms with Crippen LogP contribution < -0.4 is 5.32 Å². The van der Waals surface area contributed by atoms with Gasteiger partial charge in [0, 0.05) is 26.1 Å². The number of rotatable bonds is 8. The number of ether oxygens (including phenoxy) is 2. The van der Waals surface area contributed by atoms with Crippen LogP contribution in [0.3, 0.4) is 0 Å². The minimum Gasteiger partial charge on any atom is -0.390 e. The third-order valence-corrected chi connectivity index (χ3v) is 6.30. The zero-order valence-electron chi connectivity index (χ0n) is 21.1. The molecule has 1 fully saturated rings. The molecule has 0 saturated heterocycles. The molecule has 9 heteroatoms. The summed E-state index contributed by atoms with van der Waals surface area (Å²) in [6, 6.07) is 13.5. The predicted molar refractivity (Wildman–Crippen MR) is 132 cm³/mol. The van der Waals surface area contributed by atoms with Crippen molar-refractivity contribution in [3.63, 3.8) is 0 Å². The Hall–Kier alpha value is -3.01. The number of aromatic nitrogens is 4. The van der Waals surface area contributed by atoms with Crippen LogP contribution in [0.4, 0.5) is 5.82 Å². The first-order valence-electron chi connectivity index (χ1n) is 11.9. The van der Waals surface area contributed by atoms with Gasteiger partial charge in [-0.1, -0.05) is 30.3 Å². The van der Waals surface area contributed by atoms with E-state index in [-0.39, 0.29) is 23.5 Å². The lowest BCUT2D eigenvalue weighted by Crippen LogP contribution is -2.28. The van der Waals surface area contributed by atoms with Gasteiger partial charge in [-0.05, 0) is 45.2 Å². The lowest BCUT2D eigenvalue weighted by molar-refractivity contribution is -0.0324. The van der Waals surface area contributed by atoms with E-state index in [0.717, 1.165) is 24.1 Å². The minimum atomic E-state index is -0.667. The molecule has 9 nitrogen and oxygen atoms in total. The van der Waals surface area contributed by atoms with E-state index >= 15 is 0 Å².